The predicted molar refractivity (Wildman–Crippen MR) is 351 cm³/mol. The predicted octanol–water partition coefficient (Wildman–Crippen LogP) is 13.8. The minimum absolute atomic E-state index is 0.347. The zero-order valence-corrected chi connectivity index (χ0v) is 53.2. The number of hydrogen-bond acceptors (Lipinski definition) is 10. The van der Waals surface area contributed by atoms with Gasteiger partial charge in [0.25, 0.3) is 0 Å². The minimum Gasteiger partial charge on any atom is -0.396 e. The zero-order chi connectivity index (χ0) is 57.8. The molecule has 0 radical (unpaired) electrons. The SMILES string of the molecule is CC(C)c1ccc(N2CCC(CO)CC2)cc1.CC(C)c1ccc(N2CCC(N3CCCCC3)CC2)cc1.CC(C)c1ccc(N2CCC(N3CCOCC3)CC2)cc1.CCN1CCN(C2CCN(c3ccc(C(C)C)cc3)CC2)CC1. The molecule has 7 fully saturated rings. The Morgan fingerprint density at radius 2 is 0.634 bits per heavy atom. The number of hydrogen-bond donors (Lipinski definition) is 1. The second kappa shape index (κ2) is 32.9. The number of piperidine rings is 5. The molecule has 0 unspecified atom stereocenters. The van der Waals surface area contributed by atoms with Crippen molar-refractivity contribution in [3.8, 4) is 0 Å². The van der Waals surface area contributed by atoms with Gasteiger partial charge in [0, 0.05) is 139 Å². The number of aliphatic hydroxyl groups is 1. The number of aliphatic hydroxyl groups excluding tert-OH is 1. The number of rotatable bonds is 13. The van der Waals surface area contributed by atoms with Gasteiger partial charge in [-0.25, -0.2) is 0 Å². The summed E-state index contributed by atoms with van der Waals surface area (Å²) >= 11 is 0. The second-order valence-electron chi connectivity index (χ2n) is 26.5. The van der Waals surface area contributed by atoms with Crippen molar-refractivity contribution in [2.75, 3.05) is 151 Å². The van der Waals surface area contributed by atoms with Gasteiger partial charge < -0.3 is 39.2 Å². The van der Waals surface area contributed by atoms with Crippen LogP contribution in [0.3, 0.4) is 0 Å². The fourth-order valence-corrected chi connectivity index (χ4v) is 13.8. The van der Waals surface area contributed by atoms with Crippen LogP contribution in [0.25, 0.3) is 0 Å². The van der Waals surface area contributed by atoms with Gasteiger partial charge in [0.15, 0.2) is 0 Å². The number of piperazine rings is 1. The van der Waals surface area contributed by atoms with E-state index < -0.39 is 0 Å². The molecule has 7 aliphatic rings. The van der Waals surface area contributed by atoms with Gasteiger partial charge >= 0.3 is 0 Å². The highest BCUT2D eigenvalue weighted by Crippen LogP contribution is 2.30. The largest absolute Gasteiger partial charge is 0.396 e. The number of ether oxygens (including phenoxy) is 1. The van der Waals surface area contributed by atoms with Crippen molar-refractivity contribution in [2.24, 2.45) is 5.92 Å². The van der Waals surface area contributed by atoms with Gasteiger partial charge in [-0.2, -0.15) is 0 Å². The normalized spacial score (nSPS) is 21.1. The summed E-state index contributed by atoms with van der Waals surface area (Å²) in [5.41, 5.74) is 11.3. The molecule has 4 aromatic rings. The van der Waals surface area contributed by atoms with E-state index in [0.29, 0.717) is 36.2 Å². The third-order valence-corrected chi connectivity index (χ3v) is 19.8. The van der Waals surface area contributed by atoms with Crippen LogP contribution in [0.4, 0.5) is 22.7 Å². The average Bonchev–Trinajstić information content (AvgIpc) is 3.65. The van der Waals surface area contributed by atoms with Crippen molar-refractivity contribution in [1.82, 2.24) is 19.6 Å². The fourth-order valence-electron chi connectivity index (χ4n) is 13.8. The van der Waals surface area contributed by atoms with Crippen molar-refractivity contribution >= 4 is 22.7 Å². The Morgan fingerprint density at radius 3 is 0.915 bits per heavy atom. The van der Waals surface area contributed by atoms with Crippen molar-refractivity contribution < 1.29 is 9.84 Å². The Hall–Kier alpha value is -4.16. The second-order valence-corrected chi connectivity index (χ2v) is 26.5. The van der Waals surface area contributed by atoms with Crippen LogP contribution in [0.1, 0.15) is 179 Å². The first kappa shape index (κ1) is 63.9. The average molecular weight is 1120 g/mol. The van der Waals surface area contributed by atoms with E-state index in [0.717, 1.165) is 70.4 Å². The molecule has 0 bridgehead atoms. The van der Waals surface area contributed by atoms with Crippen LogP contribution in [0, 0.1) is 5.92 Å². The summed E-state index contributed by atoms with van der Waals surface area (Å²) in [4.78, 5) is 20.8. The van der Waals surface area contributed by atoms with E-state index >= 15 is 0 Å². The molecule has 0 aliphatic carbocycles. The molecule has 10 heteroatoms. The van der Waals surface area contributed by atoms with Crippen molar-refractivity contribution in [3.05, 3.63) is 119 Å². The van der Waals surface area contributed by atoms with Crippen LogP contribution >= 0.6 is 0 Å². The highest BCUT2D eigenvalue weighted by atomic mass is 16.5. The first-order chi connectivity index (χ1) is 39.8. The number of likely N-dealkylation sites (tertiary alicyclic amines) is 1. The number of anilines is 4. The molecule has 7 aliphatic heterocycles. The van der Waals surface area contributed by atoms with Gasteiger partial charge in [0.05, 0.1) is 13.2 Å². The number of morpholine rings is 1. The maximum Gasteiger partial charge on any atom is 0.0594 e. The maximum absolute atomic E-state index is 9.13. The lowest BCUT2D eigenvalue weighted by atomic mass is 9.97. The van der Waals surface area contributed by atoms with E-state index in [2.05, 4.69) is 199 Å². The first-order valence-corrected chi connectivity index (χ1v) is 33.4. The van der Waals surface area contributed by atoms with Crippen LogP contribution in [0.15, 0.2) is 97.1 Å². The summed E-state index contributed by atoms with van der Waals surface area (Å²) in [6, 6.07) is 39.0. The lowest BCUT2D eigenvalue weighted by Crippen LogP contribution is -2.53. The Bertz CT molecular complexity index is 2240. The molecule has 0 saturated carbocycles. The lowest BCUT2D eigenvalue weighted by molar-refractivity contribution is 0.0115. The van der Waals surface area contributed by atoms with Gasteiger partial charge in [-0.3, -0.25) is 9.80 Å². The van der Waals surface area contributed by atoms with Crippen molar-refractivity contribution in [2.45, 2.75) is 175 Å². The summed E-state index contributed by atoms with van der Waals surface area (Å²) < 4.78 is 5.46. The first-order valence-electron chi connectivity index (χ1n) is 33.4. The summed E-state index contributed by atoms with van der Waals surface area (Å²) in [5, 5.41) is 9.13. The molecule has 0 aromatic heterocycles. The van der Waals surface area contributed by atoms with Crippen LogP contribution in [-0.2, 0) is 4.74 Å². The van der Waals surface area contributed by atoms with Gasteiger partial charge in [-0.1, -0.05) is 117 Å². The lowest BCUT2D eigenvalue weighted by Gasteiger charge is -2.43. The molecule has 10 nitrogen and oxygen atoms in total. The fraction of sp³-hybridized carbons (Fsp3) is 0.667. The van der Waals surface area contributed by atoms with E-state index in [-0.39, 0.29) is 0 Å². The van der Waals surface area contributed by atoms with Gasteiger partial charge in [0.2, 0.25) is 0 Å². The molecular formula is C72H114N8O2. The smallest absolute Gasteiger partial charge is 0.0594 e. The van der Waals surface area contributed by atoms with E-state index in [4.69, 9.17) is 9.84 Å². The molecule has 11 rings (SSSR count). The van der Waals surface area contributed by atoms with Gasteiger partial charge in [0.1, 0.15) is 0 Å². The molecule has 4 aromatic carbocycles. The Balaban J connectivity index is 0.000000144. The molecular weight excluding hydrogens is 1010 g/mol. The van der Waals surface area contributed by atoms with Gasteiger partial charge in [-0.05, 0) is 184 Å². The number of nitrogens with zero attached hydrogens (tertiary/aromatic N) is 8. The molecule has 0 atom stereocenters. The minimum atomic E-state index is 0.347. The molecule has 0 amide bonds. The van der Waals surface area contributed by atoms with Crippen molar-refractivity contribution in [1.29, 1.82) is 0 Å². The Labute approximate surface area is 500 Å². The Kier molecular flexibility index (Phi) is 25.6. The molecule has 1 N–H and O–H groups in total. The quantitative estimate of drug-likeness (QED) is 0.140. The molecule has 7 heterocycles. The maximum atomic E-state index is 9.13. The Morgan fingerprint density at radius 1 is 0.354 bits per heavy atom. The topological polar surface area (TPSA) is 55.4 Å². The van der Waals surface area contributed by atoms with Crippen LogP contribution in [0.2, 0.25) is 0 Å². The highest BCUT2D eigenvalue weighted by Gasteiger charge is 2.29. The van der Waals surface area contributed by atoms with E-state index in [1.807, 2.05) is 0 Å². The molecule has 454 valence electrons. The molecule has 7 saturated heterocycles. The summed E-state index contributed by atoms with van der Waals surface area (Å²) in [6.07, 6.45) is 14.4. The third-order valence-electron chi connectivity index (χ3n) is 19.8. The standard InChI is InChI=1S/C20H33N3.C19H30N2.C18H28N2O.C15H23NO/c1-4-21-13-15-23(16-14-21)20-9-11-22(12-10-20)19-7-5-18(6-8-19)17(2)3;1-16(2)17-6-8-18(9-7-17)21-14-10-19(11-15-21)20-12-4-3-5-13-20;1-15(2)16-3-5-17(6-4-16)19-9-7-18(8-10-19)20-11-13-21-14-12-20;1-12(2)14-3-5-15(6-4-14)16-9-7-13(11-17)8-10-16/h5-8,17,20H,4,9-16H2,1-3H3;6-9,16,19H,3-5,10-15H2,1-2H3;3-6,15,18H,7-14H2,1-2H3;3-6,12-13,17H,7-11H2,1-2H3. The van der Waals surface area contributed by atoms with E-state index in [9.17, 15) is 0 Å². The van der Waals surface area contributed by atoms with Crippen molar-refractivity contribution in [3.63, 3.8) is 0 Å². The monoisotopic (exact) mass is 1120 g/mol. The third kappa shape index (κ3) is 18.9. The van der Waals surface area contributed by atoms with E-state index in [1.165, 1.54) is 188 Å². The van der Waals surface area contributed by atoms with Gasteiger partial charge in [-0.15, -0.1) is 0 Å². The number of likely N-dealkylation sites (N-methyl/N-ethyl adjacent to an activating group) is 1. The highest BCUT2D eigenvalue weighted by molar-refractivity contribution is 5.51. The summed E-state index contributed by atoms with van der Waals surface area (Å²) in [5.74, 6) is 2.98. The van der Waals surface area contributed by atoms with Crippen LogP contribution in [0.5, 0.6) is 0 Å². The summed E-state index contributed by atoms with van der Waals surface area (Å²) in [6.45, 7) is 43.0. The number of benzene rings is 4. The van der Waals surface area contributed by atoms with E-state index in [1.54, 1.807) is 0 Å². The summed E-state index contributed by atoms with van der Waals surface area (Å²) in [7, 11) is 0. The molecule has 0 spiro atoms. The molecule has 82 heavy (non-hydrogen) atoms. The van der Waals surface area contributed by atoms with Crippen LogP contribution < -0.4 is 19.6 Å². The zero-order valence-electron chi connectivity index (χ0n) is 53.2. The van der Waals surface area contributed by atoms with Crippen LogP contribution in [-0.4, -0.2) is 174 Å².